The lowest BCUT2D eigenvalue weighted by Crippen LogP contribution is -2.29. The van der Waals surface area contributed by atoms with Gasteiger partial charge < -0.3 is 19.7 Å². The van der Waals surface area contributed by atoms with E-state index in [1.165, 1.54) is 44.5 Å². The summed E-state index contributed by atoms with van der Waals surface area (Å²) in [5, 5.41) is 19.9. The maximum atomic E-state index is 9.95. The van der Waals surface area contributed by atoms with Crippen LogP contribution >= 0.6 is 0 Å². The van der Waals surface area contributed by atoms with Crippen LogP contribution in [0.4, 0.5) is 0 Å². The molecule has 2 atom stereocenters. The standard InChI is InChI=1S/C39H46O4/c1-5-7-13-29-23-31(19-21-37(29)42-25-27(3)40)39(35-17-11-9-15-33(35)34-16-10-12-18-36(34)39)32-20-22-38(43-26-28(4)41)30(24-32)14-8-6-2/h9-12,15-24,27-28,40-41H,5-8,13-14,25-26H2,1-4H3. The molecule has 0 fully saturated rings. The van der Waals surface area contributed by atoms with Crippen molar-refractivity contribution in [3.8, 4) is 22.6 Å². The van der Waals surface area contributed by atoms with Gasteiger partial charge in [-0.25, -0.2) is 0 Å². The normalized spacial score (nSPS) is 14.6. The van der Waals surface area contributed by atoms with Gasteiger partial charge >= 0.3 is 0 Å². The molecule has 0 saturated carbocycles. The Kier molecular flexibility index (Phi) is 9.90. The molecule has 2 unspecified atom stereocenters. The highest BCUT2D eigenvalue weighted by Crippen LogP contribution is 2.56. The second-order valence-corrected chi connectivity index (χ2v) is 12.0. The summed E-state index contributed by atoms with van der Waals surface area (Å²) in [6.45, 7) is 8.47. The summed E-state index contributed by atoms with van der Waals surface area (Å²) in [5.74, 6) is 1.69. The maximum absolute atomic E-state index is 9.95. The number of aliphatic hydroxyl groups is 2. The van der Waals surface area contributed by atoms with Crippen LogP contribution < -0.4 is 9.47 Å². The van der Waals surface area contributed by atoms with Gasteiger partial charge in [0, 0.05) is 0 Å². The molecule has 2 N–H and O–H groups in total. The number of hydrogen-bond donors (Lipinski definition) is 2. The van der Waals surface area contributed by atoms with Crippen LogP contribution in [0.15, 0.2) is 84.9 Å². The molecule has 0 aromatic heterocycles. The molecule has 226 valence electrons. The van der Waals surface area contributed by atoms with Crippen LogP contribution in [0, 0.1) is 0 Å². The predicted octanol–water partition coefficient (Wildman–Crippen LogP) is 8.25. The van der Waals surface area contributed by atoms with Gasteiger partial charge in [0.25, 0.3) is 0 Å². The Balaban J connectivity index is 1.77. The van der Waals surface area contributed by atoms with Crippen molar-refractivity contribution in [2.24, 2.45) is 0 Å². The zero-order valence-corrected chi connectivity index (χ0v) is 26.1. The van der Waals surface area contributed by atoms with Crippen molar-refractivity contribution in [2.75, 3.05) is 13.2 Å². The molecule has 0 amide bonds. The van der Waals surface area contributed by atoms with E-state index in [9.17, 15) is 10.2 Å². The fourth-order valence-electron chi connectivity index (χ4n) is 6.48. The minimum Gasteiger partial charge on any atom is -0.491 e. The van der Waals surface area contributed by atoms with Crippen molar-refractivity contribution in [3.05, 3.63) is 118 Å². The third-order valence-corrected chi connectivity index (χ3v) is 8.50. The van der Waals surface area contributed by atoms with E-state index in [-0.39, 0.29) is 13.2 Å². The third-order valence-electron chi connectivity index (χ3n) is 8.50. The molecule has 4 heteroatoms. The smallest absolute Gasteiger partial charge is 0.122 e. The van der Waals surface area contributed by atoms with Crippen LogP contribution in [0.25, 0.3) is 11.1 Å². The first-order valence-electron chi connectivity index (χ1n) is 16.0. The number of aliphatic hydroxyl groups excluding tert-OH is 2. The summed E-state index contributed by atoms with van der Waals surface area (Å²) in [4.78, 5) is 0. The Morgan fingerprint density at radius 2 is 1.02 bits per heavy atom. The molecule has 0 aliphatic heterocycles. The van der Waals surface area contributed by atoms with Gasteiger partial charge in [-0.1, -0.05) is 99.5 Å². The Morgan fingerprint density at radius 3 is 1.42 bits per heavy atom. The molecule has 0 saturated heterocycles. The van der Waals surface area contributed by atoms with Gasteiger partial charge in [0.15, 0.2) is 0 Å². The van der Waals surface area contributed by atoms with E-state index in [1.807, 2.05) is 0 Å². The van der Waals surface area contributed by atoms with E-state index < -0.39 is 17.6 Å². The second kappa shape index (κ2) is 13.8. The monoisotopic (exact) mass is 578 g/mol. The van der Waals surface area contributed by atoms with Crippen LogP contribution in [0.1, 0.15) is 86.8 Å². The highest BCUT2D eigenvalue weighted by molar-refractivity contribution is 5.86. The Bertz CT molecular complexity index is 1400. The van der Waals surface area contributed by atoms with Crippen LogP contribution in [-0.4, -0.2) is 35.6 Å². The van der Waals surface area contributed by atoms with Crippen LogP contribution in [-0.2, 0) is 18.3 Å². The number of aryl methyl sites for hydroxylation is 2. The Labute approximate surface area is 257 Å². The molecular weight excluding hydrogens is 532 g/mol. The lowest BCUT2D eigenvalue weighted by molar-refractivity contribution is 0.122. The molecule has 4 aromatic rings. The zero-order valence-electron chi connectivity index (χ0n) is 26.1. The Morgan fingerprint density at radius 1 is 0.605 bits per heavy atom. The molecule has 4 nitrogen and oxygen atoms in total. The van der Waals surface area contributed by atoms with Gasteiger partial charge in [-0.15, -0.1) is 0 Å². The summed E-state index contributed by atoms with van der Waals surface area (Å²) in [6, 6.07) is 30.9. The summed E-state index contributed by atoms with van der Waals surface area (Å²) in [5.41, 5.74) is 9.29. The van der Waals surface area contributed by atoms with Crippen LogP contribution in [0.3, 0.4) is 0 Å². The van der Waals surface area contributed by atoms with Crippen molar-refractivity contribution >= 4 is 0 Å². The second-order valence-electron chi connectivity index (χ2n) is 12.0. The lowest BCUT2D eigenvalue weighted by atomic mass is 9.67. The summed E-state index contributed by atoms with van der Waals surface area (Å²) in [7, 11) is 0. The number of ether oxygens (including phenoxy) is 2. The molecule has 0 spiro atoms. The first-order valence-corrected chi connectivity index (χ1v) is 16.0. The average molecular weight is 579 g/mol. The molecule has 0 radical (unpaired) electrons. The van der Waals surface area contributed by atoms with Gasteiger partial charge in [0.1, 0.15) is 24.7 Å². The minimum absolute atomic E-state index is 0.268. The van der Waals surface area contributed by atoms with Crippen LogP contribution in [0.5, 0.6) is 11.5 Å². The van der Waals surface area contributed by atoms with Crippen molar-refractivity contribution < 1.29 is 19.7 Å². The van der Waals surface area contributed by atoms with Crippen molar-refractivity contribution in [2.45, 2.75) is 83.8 Å². The van der Waals surface area contributed by atoms with Gasteiger partial charge in [-0.2, -0.15) is 0 Å². The number of benzene rings is 4. The topological polar surface area (TPSA) is 58.9 Å². The first-order chi connectivity index (χ1) is 20.9. The van der Waals surface area contributed by atoms with Crippen molar-refractivity contribution in [3.63, 3.8) is 0 Å². The quantitative estimate of drug-likeness (QED) is 0.139. The number of rotatable bonds is 14. The SMILES string of the molecule is CCCCc1cc(C2(c3ccc(OCC(C)O)c(CCCC)c3)c3ccccc3-c3ccccc32)ccc1OCC(C)O. The van der Waals surface area contributed by atoms with Gasteiger partial charge in [-0.3, -0.25) is 0 Å². The summed E-state index contributed by atoms with van der Waals surface area (Å²) >= 11 is 0. The molecule has 1 aliphatic rings. The van der Waals surface area contributed by atoms with E-state index in [0.29, 0.717) is 0 Å². The van der Waals surface area contributed by atoms with Gasteiger partial charge in [-0.05, 0) is 96.2 Å². The average Bonchev–Trinajstić information content (AvgIpc) is 3.32. The predicted molar refractivity (Wildman–Crippen MR) is 175 cm³/mol. The fraction of sp³-hybridized carbons (Fsp3) is 0.385. The van der Waals surface area contributed by atoms with E-state index in [4.69, 9.17) is 9.47 Å². The number of hydrogen-bond acceptors (Lipinski definition) is 4. The summed E-state index contributed by atoms with van der Waals surface area (Å²) < 4.78 is 12.3. The summed E-state index contributed by atoms with van der Waals surface area (Å²) in [6.07, 6.45) is 5.05. The molecular formula is C39H46O4. The Hall–Kier alpha value is -3.60. The van der Waals surface area contributed by atoms with Crippen molar-refractivity contribution in [1.82, 2.24) is 0 Å². The maximum Gasteiger partial charge on any atom is 0.122 e. The molecule has 4 aromatic carbocycles. The molecule has 0 bridgehead atoms. The van der Waals surface area contributed by atoms with E-state index in [1.54, 1.807) is 13.8 Å². The highest BCUT2D eigenvalue weighted by atomic mass is 16.5. The van der Waals surface area contributed by atoms with E-state index in [0.717, 1.165) is 50.0 Å². The highest BCUT2D eigenvalue weighted by Gasteiger charge is 2.46. The molecule has 43 heavy (non-hydrogen) atoms. The zero-order chi connectivity index (χ0) is 30.4. The fourth-order valence-corrected chi connectivity index (χ4v) is 6.48. The lowest BCUT2D eigenvalue weighted by Gasteiger charge is -2.35. The first kappa shape index (κ1) is 30.8. The van der Waals surface area contributed by atoms with E-state index >= 15 is 0 Å². The minimum atomic E-state index is -0.533. The van der Waals surface area contributed by atoms with E-state index in [2.05, 4.69) is 98.8 Å². The van der Waals surface area contributed by atoms with Gasteiger partial charge in [0.2, 0.25) is 0 Å². The van der Waals surface area contributed by atoms with Crippen LogP contribution in [0.2, 0.25) is 0 Å². The largest absolute Gasteiger partial charge is 0.491 e. The number of unbranched alkanes of at least 4 members (excludes halogenated alkanes) is 2. The van der Waals surface area contributed by atoms with Crippen molar-refractivity contribution in [1.29, 1.82) is 0 Å². The molecule has 0 heterocycles. The number of fused-ring (bicyclic) bond motifs is 3. The molecule has 1 aliphatic carbocycles. The molecule has 5 rings (SSSR count). The van der Waals surface area contributed by atoms with Gasteiger partial charge in [0.05, 0.1) is 17.6 Å². The third kappa shape index (κ3) is 6.23.